The highest BCUT2D eigenvalue weighted by Crippen LogP contribution is 2.18. The maximum Gasteiger partial charge on any atom is 0.273 e. The zero-order chi connectivity index (χ0) is 24.6. The molecule has 7 heteroatoms. The highest BCUT2D eigenvalue weighted by Gasteiger charge is 2.17. The molecule has 0 bridgehead atoms. The zero-order valence-corrected chi connectivity index (χ0v) is 19.9. The Bertz CT molecular complexity index is 1550. The second-order valence-corrected chi connectivity index (χ2v) is 8.55. The molecule has 1 heterocycles. The number of benzene rings is 3. The Hall–Kier alpha value is -4.41. The highest BCUT2D eigenvalue weighted by atomic mass is 32.1. The second kappa shape index (κ2) is 11.1. The number of thiazole rings is 1. The maximum atomic E-state index is 13.5. The molecule has 0 unspecified atom stereocenters. The first-order valence-electron chi connectivity index (χ1n) is 11.1. The Balaban J connectivity index is 1.89. The Morgan fingerprint density at radius 1 is 1.03 bits per heavy atom. The van der Waals surface area contributed by atoms with Crippen LogP contribution in [-0.4, -0.2) is 17.1 Å². The Kier molecular flexibility index (Phi) is 7.56. The number of para-hydroxylation sites is 2. The van der Waals surface area contributed by atoms with Gasteiger partial charge in [-0.2, -0.15) is 5.26 Å². The Labute approximate surface area is 206 Å². The van der Waals surface area contributed by atoms with E-state index in [4.69, 9.17) is 4.74 Å². The van der Waals surface area contributed by atoms with Crippen LogP contribution in [0.15, 0.2) is 89.7 Å². The lowest BCUT2D eigenvalue weighted by molar-refractivity contribution is -0.115. The molecule has 0 saturated carbocycles. The summed E-state index contributed by atoms with van der Waals surface area (Å²) in [4.78, 5) is 26.6. The summed E-state index contributed by atoms with van der Waals surface area (Å²) in [6, 6.07) is 27.9. The number of ether oxygens (including phenoxy) is 1. The number of amides is 1. The topological polar surface area (TPSA) is 84.1 Å². The lowest BCUT2D eigenvalue weighted by Crippen LogP contribution is -2.33. The highest BCUT2D eigenvalue weighted by molar-refractivity contribution is 7.07. The molecule has 0 spiro atoms. The number of nitriles is 1. The monoisotopic (exact) mass is 481 g/mol. The van der Waals surface area contributed by atoms with Crippen molar-refractivity contribution in [3.63, 3.8) is 0 Å². The van der Waals surface area contributed by atoms with Gasteiger partial charge in [0.1, 0.15) is 16.5 Å². The van der Waals surface area contributed by atoms with Gasteiger partial charge in [-0.25, -0.2) is 0 Å². The summed E-state index contributed by atoms with van der Waals surface area (Å²) in [7, 11) is 0. The number of nitrogens with one attached hydrogen (secondary N) is 1. The van der Waals surface area contributed by atoms with Crippen LogP contribution in [0.5, 0.6) is 5.75 Å². The minimum Gasteiger partial charge on any atom is -0.493 e. The molecule has 1 amide bonds. The van der Waals surface area contributed by atoms with E-state index >= 15 is 0 Å². The first kappa shape index (κ1) is 23.7. The third kappa shape index (κ3) is 5.40. The van der Waals surface area contributed by atoms with E-state index in [1.807, 2.05) is 73.7 Å². The minimum atomic E-state index is -0.538. The van der Waals surface area contributed by atoms with Crippen molar-refractivity contribution in [2.75, 3.05) is 6.61 Å². The lowest BCUT2D eigenvalue weighted by atomic mass is 10.2. The number of hydrogen-bond acceptors (Lipinski definition) is 5. The average Bonchev–Trinajstić information content (AvgIpc) is 3.21. The summed E-state index contributed by atoms with van der Waals surface area (Å²) < 4.78 is 7.77. The van der Waals surface area contributed by atoms with Gasteiger partial charge in [-0.1, -0.05) is 66.7 Å². The van der Waals surface area contributed by atoms with Crippen LogP contribution in [-0.2, 0) is 11.3 Å². The molecule has 35 heavy (non-hydrogen) atoms. The second-order valence-electron chi connectivity index (χ2n) is 7.52. The number of aromatic nitrogens is 1. The molecular formula is C28H23N3O3S. The van der Waals surface area contributed by atoms with Gasteiger partial charge in [0.15, 0.2) is 5.57 Å². The van der Waals surface area contributed by atoms with Gasteiger partial charge in [0.05, 0.1) is 16.8 Å². The first-order valence-corrected chi connectivity index (χ1v) is 11.9. The predicted molar refractivity (Wildman–Crippen MR) is 138 cm³/mol. The van der Waals surface area contributed by atoms with Gasteiger partial charge in [-0.15, -0.1) is 11.3 Å². The molecule has 0 saturated heterocycles. The molecule has 3 aromatic carbocycles. The van der Waals surface area contributed by atoms with Crippen LogP contribution >= 0.6 is 11.3 Å². The van der Waals surface area contributed by atoms with Gasteiger partial charge < -0.3 is 10.1 Å². The fourth-order valence-corrected chi connectivity index (χ4v) is 4.64. The van der Waals surface area contributed by atoms with Crippen LogP contribution in [0.2, 0.25) is 0 Å². The molecule has 1 aromatic heterocycles. The van der Waals surface area contributed by atoms with E-state index in [0.717, 1.165) is 22.5 Å². The quantitative estimate of drug-likeness (QED) is 0.440. The smallest absolute Gasteiger partial charge is 0.273 e. The molecule has 0 fully saturated rings. The van der Waals surface area contributed by atoms with E-state index in [1.165, 1.54) is 4.57 Å². The van der Waals surface area contributed by atoms with Crippen molar-refractivity contribution in [1.82, 2.24) is 9.88 Å². The number of rotatable bonds is 7. The molecule has 1 N–H and O–H groups in total. The number of nitrogens with zero attached hydrogens (tertiary/aromatic N) is 2. The summed E-state index contributed by atoms with van der Waals surface area (Å²) >= 11 is 1.10. The van der Waals surface area contributed by atoms with Crippen molar-refractivity contribution in [2.45, 2.75) is 13.5 Å². The van der Waals surface area contributed by atoms with Crippen molar-refractivity contribution < 1.29 is 9.53 Å². The molecule has 0 atom stereocenters. The molecule has 6 nitrogen and oxygen atoms in total. The van der Waals surface area contributed by atoms with Gasteiger partial charge >= 0.3 is 0 Å². The molecule has 0 aliphatic carbocycles. The van der Waals surface area contributed by atoms with Crippen molar-refractivity contribution in [3.05, 3.63) is 116 Å². The molecule has 0 radical (unpaired) electrons. The van der Waals surface area contributed by atoms with Gasteiger partial charge in [-0.05, 0) is 36.8 Å². The lowest BCUT2D eigenvalue weighted by Gasteiger charge is -2.06. The van der Waals surface area contributed by atoms with E-state index in [1.54, 1.807) is 30.3 Å². The van der Waals surface area contributed by atoms with Gasteiger partial charge in [0, 0.05) is 12.1 Å². The van der Waals surface area contributed by atoms with Gasteiger partial charge in [0.2, 0.25) is 0 Å². The fraction of sp³-hybridized carbons (Fsp3) is 0.107. The maximum absolute atomic E-state index is 13.5. The van der Waals surface area contributed by atoms with Crippen molar-refractivity contribution in [1.29, 1.82) is 5.26 Å². The van der Waals surface area contributed by atoms with Crippen LogP contribution in [0.25, 0.3) is 17.3 Å². The zero-order valence-electron chi connectivity index (χ0n) is 19.1. The van der Waals surface area contributed by atoms with Crippen LogP contribution in [0.4, 0.5) is 0 Å². The SMILES string of the molecule is CCOc1ccccc1C=c1sc(=C(C#N)C(=O)NCc2ccccc2)n(-c2ccccc2)c1=O. The van der Waals surface area contributed by atoms with Crippen molar-refractivity contribution in [2.24, 2.45) is 0 Å². The van der Waals surface area contributed by atoms with Gasteiger partial charge in [-0.3, -0.25) is 14.2 Å². The summed E-state index contributed by atoms with van der Waals surface area (Å²) in [5.74, 6) is 0.115. The predicted octanol–water partition coefficient (Wildman–Crippen LogP) is 3.12. The number of carbonyl (C=O) groups is 1. The summed E-state index contributed by atoms with van der Waals surface area (Å²) in [5.41, 5.74) is 1.79. The molecule has 4 rings (SSSR count). The van der Waals surface area contributed by atoms with E-state index < -0.39 is 5.91 Å². The molecular weight excluding hydrogens is 458 g/mol. The van der Waals surface area contributed by atoms with Crippen LogP contribution in [0.1, 0.15) is 18.1 Å². The Morgan fingerprint density at radius 2 is 1.69 bits per heavy atom. The third-order valence-corrected chi connectivity index (χ3v) is 6.28. The summed E-state index contributed by atoms with van der Waals surface area (Å²) in [6.45, 7) is 2.65. The average molecular weight is 482 g/mol. The molecule has 0 aliphatic heterocycles. The van der Waals surface area contributed by atoms with Gasteiger partial charge in [0.25, 0.3) is 11.5 Å². The van der Waals surface area contributed by atoms with Crippen LogP contribution in [0, 0.1) is 11.3 Å². The summed E-state index contributed by atoms with van der Waals surface area (Å²) in [6.07, 6.45) is 1.73. The largest absolute Gasteiger partial charge is 0.493 e. The number of carbonyl (C=O) groups excluding carboxylic acids is 1. The minimum absolute atomic E-state index is 0.121. The molecule has 174 valence electrons. The summed E-state index contributed by atoms with van der Waals surface area (Å²) in [5, 5.41) is 12.7. The van der Waals surface area contributed by atoms with Crippen molar-refractivity contribution in [3.8, 4) is 17.5 Å². The first-order chi connectivity index (χ1) is 17.1. The van der Waals surface area contributed by atoms with E-state index in [-0.39, 0.29) is 22.3 Å². The molecule has 0 aliphatic rings. The number of hydrogen-bond donors (Lipinski definition) is 1. The molecule has 4 aromatic rings. The third-order valence-electron chi connectivity index (χ3n) is 5.19. The van der Waals surface area contributed by atoms with Crippen LogP contribution in [0.3, 0.4) is 0 Å². The fourth-order valence-electron chi connectivity index (χ4n) is 3.55. The van der Waals surface area contributed by atoms with Crippen LogP contribution < -0.4 is 24.8 Å². The van der Waals surface area contributed by atoms with Crippen molar-refractivity contribution >= 4 is 28.9 Å². The standard InChI is InChI=1S/C28H23N3O3S/c1-2-34-24-16-10-9-13-21(24)17-25-27(33)31(22-14-7-4-8-15-22)28(35-25)23(18-29)26(32)30-19-20-11-5-3-6-12-20/h3-17H,2,19H2,1H3,(H,30,32). The van der Waals surface area contributed by atoms with E-state index in [2.05, 4.69) is 5.32 Å². The Morgan fingerprint density at radius 3 is 2.37 bits per heavy atom. The van der Waals surface area contributed by atoms with E-state index in [0.29, 0.717) is 22.6 Å². The normalized spacial score (nSPS) is 12.1. The van der Waals surface area contributed by atoms with E-state index in [9.17, 15) is 14.9 Å².